The quantitative estimate of drug-likeness (QED) is 0.674. The predicted molar refractivity (Wildman–Crippen MR) is 105 cm³/mol. The van der Waals surface area contributed by atoms with E-state index in [1.807, 2.05) is 17.8 Å². The first-order chi connectivity index (χ1) is 12.3. The molecule has 4 heteroatoms. The monoisotopic (exact) mass is 356 g/mol. The van der Waals surface area contributed by atoms with Gasteiger partial charge in [0.25, 0.3) is 0 Å². The van der Waals surface area contributed by atoms with Gasteiger partial charge in [-0.25, -0.2) is 4.98 Å². The summed E-state index contributed by atoms with van der Waals surface area (Å²) in [5.41, 5.74) is 2.70. The fourth-order valence-corrected chi connectivity index (χ4v) is 4.32. The highest BCUT2D eigenvalue weighted by molar-refractivity contribution is 7.98. The second kappa shape index (κ2) is 9.25. The number of pyridine rings is 1. The van der Waals surface area contributed by atoms with Crippen LogP contribution in [0.4, 0.5) is 0 Å². The number of hydrogen-bond donors (Lipinski definition) is 0. The highest BCUT2D eigenvalue weighted by Gasteiger charge is 2.20. The third-order valence-electron chi connectivity index (χ3n) is 5.16. The summed E-state index contributed by atoms with van der Waals surface area (Å²) >= 11 is 1.86. The van der Waals surface area contributed by atoms with Gasteiger partial charge in [0, 0.05) is 23.2 Å². The average molecular weight is 357 g/mol. The molecule has 0 bridgehead atoms. The Morgan fingerprint density at radius 3 is 2.64 bits per heavy atom. The van der Waals surface area contributed by atoms with Gasteiger partial charge in [-0.15, -0.1) is 11.8 Å². The Morgan fingerprint density at radius 1 is 1.12 bits per heavy atom. The first kappa shape index (κ1) is 18.3. The van der Waals surface area contributed by atoms with Gasteiger partial charge >= 0.3 is 0 Å². The first-order valence-corrected chi connectivity index (χ1v) is 10.3. The zero-order valence-corrected chi connectivity index (χ0v) is 16.1. The minimum Gasteiger partial charge on any atom is -0.481 e. The molecule has 0 amide bonds. The van der Waals surface area contributed by atoms with Gasteiger partial charge in [0.2, 0.25) is 5.88 Å². The van der Waals surface area contributed by atoms with E-state index in [9.17, 15) is 0 Å². The van der Waals surface area contributed by atoms with Gasteiger partial charge in [0.1, 0.15) is 0 Å². The Hall–Kier alpha value is -1.52. The number of methoxy groups -OCH3 is 1. The summed E-state index contributed by atoms with van der Waals surface area (Å²) in [6.45, 7) is 3.29. The van der Waals surface area contributed by atoms with E-state index >= 15 is 0 Å². The van der Waals surface area contributed by atoms with Crippen LogP contribution in [-0.4, -0.2) is 36.3 Å². The smallest absolute Gasteiger partial charge is 0.217 e. The van der Waals surface area contributed by atoms with Crippen LogP contribution in [0.2, 0.25) is 0 Å². The SMILES string of the molecule is COc1ncccc1CN1CCC(CCc2ccccc2SC)CC1. The maximum atomic E-state index is 5.38. The second-order valence-corrected chi connectivity index (χ2v) is 7.59. The summed E-state index contributed by atoms with van der Waals surface area (Å²) in [6, 6.07) is 12.9. The molecule has 25 heavy (non-hydrogen) atoms. The van der Waals surface area contributed by atoms with Gasteiger partial charge in [0.05, 0.1) is 7.11 Å². The van der Waals surface area contributed by atoms with Gasteiger partial charge in [-0.3, -0.25) is 4.90 Å². The van der Waals surface area contributed by atoms with Crippen LogP contribution in [0.3, 0.4) is 0 Å². The zero-order chi connectivity index (χ0) is 17.5. The molecule has 0 aliphatic carbocycles. The topological polar surface area (TPSA) is 25.4 Å². The molecule has 1 aliphatic rings. The van der Waals surface area contributed by atoms with Crippen molar-refractivity contribution >= 4 is 11.8 Å². The lowest BCUT2D eigenvalue weighted by Gasteiger charge is -2.32. The molecule has 0 spiro atoms. The molecule has 134 valence electrons. The van der Waals surface area contributed by atoms with Crippen molar-refractivity contribution < 1.29 is 4.74 Å². The number of hydrogen-bond acceptors (Lipinski definition) is 4. The maximum Gasteiger partial charge on any atom is 0.217 e. The van der Waals surface area contributed by atoms with Crippen LogP contribution < -0.4 is 4.74 Å². The van der Waals surface area contributed by atoms with Crippen molar-refractivity contribution in [3.05, 3.63) is 53.7 Å². The van der Waals surface area contributed by atoms with E-state index in [1.54, 1.807) is 13.3 Å². The lowest BCUT2D eigenvalue weighted by molar-refractivity contribution is 0.170. The number of aromatic nitrogens is 1. The van der Waals surface area contributed by atoms with Crippen LogP contribution in [0.25, 0.3) is 0 Å². The molecule has 1 aliphatic heterocycles. The van der Waals surface area contributed by atoms with E-state index in [1.165, 1.54) is 54.8 Å². The maximum absolute atomic E-state index is 5.38. The Kier molecular flexibility index (Phi) is 6.76. The summed E-state index contributed by atoms with van der Waals surface area (Å²) in [5, 5.41) is 0. The summed E-state index contributed by atoms with van der Waals surface area (Å²) in [5.74, 6) is 1.61. The normalized spacial score (nSPS) is 16.1. The standard InChI is InChI=1S/C21H28N2OS/c1-24-21-19(7-5-13-22-21)16-23-14-11-17(12-15-23)9-10-18-6-3-4-8-20(18)25-2/h3-8,13,17H,9-12,14-16H2,1-2H3. The number of thioether (sulfide) groups is 1. The highest BCUT2D eigenvalue weighted by Crippen LogP contribution is 2.27. The molecule has 3 rings (SSSR count). The van der Waals surface area contributed by atoms with Crippen molar-refractivity contribution in [3.63, 3.8) is 0 Å². The molecular formula is C21H28N2OS. The fraction of sp³-hybridized carbons (Fsp3) is 0.476. The third-order valence-corrected chi connectivity index (χ3v) is 6.00. The summed E-state index contributed by atoms with van der Waals surface area (Å²) < 4.78 is 5.38. The van der Waals surface area contributed by atoms with Crippen LogP contribution >= 0.6 is 11.8 Å². The second-order valence-electron chi connectivity index (χ2n) is 6.74. The predicted octanol–water partition coefficient (Wildman–Crippen LogP) is 4.66. The molecule has 2 heterocycles. The highest BCUT2D eigenvalue weighted by atomic mass is 32.2. The van der Waals surface area contributed by atoms with Crippen molar-refractivity contribution in [2.75, 3.05) is 26.5 Å². The molecule has 0 unspecified atom stereocenters. The fourth-order valence-electron chi connectivity index (χ4n) is 3.67. The summed E-state index contributed by atoms with van der Waals surface area (Å²) in [6.07, 6.45) is 9.07. The van der Waals surface area contributed by atoms with Gasteiger partial charge < -0.3 is 4.74 Å². The van der Waals surface area contributed by atoms with Gasteiger partial charge in [-0.1, -0.05) is 24.3 Å². The van der Waals surface area contributed by atoms with Crippen molar-refractivity contribution in [1.29, 1.82) is 0 Å². The van der Waals surface area contributed by atoms with Crippen molar-refractivity contribution in [2.45, 2.75) is 37.1 Å². The van der Waals surface area contributed by atoms with Crippen LogP contribution in [0.5, 0.6) is 5.88 Å². The zero-order valence-electron chi connectivity index (χ0n) is 15.3. The largest absolute Gasteiger partial charge is 0.481 e. The molecule has 1 aromatic heterocycles. The summed E-state index contributed by atoms with van der Waals surface area (Å²) in [7, 11) is 1.70. The molecule has 0 atom stereocenters. The molecular weight excluding hydrogens is 328 g/mol. The van der Waals surface area contributed by atoms with Gasteiger partial charge in [0.15, 0.2) is 0 Å². The van der Waals surface area contributed by atoms with Crippen molar-refractivity contribution in [3.8, 4) is 5.88 Å². The molecule has 0 radical (unpaired) electrons. The van der Waals surface area contributed by atoms with Crippen LogP contribution in [0, 0.1) is 5.92 Å². The number of nitrogens with zero attached hydrogens (tertiary/aromatic N) is 2. The van der Waals surface area contributed by atoms with Crippen molar-refractivity contribution in [2.24, 2.45) is 5.92 Å². The summed E-state index contributed by atoms with van der Waals surface area (Å²) in [4.78, 5) is 8.27. The molecule has 1 aromatic carbocycles. The number of rotatable bonds is 7. The Bertz CT molecular complexity index is 668. The van der Waals surface area contributed by atoms with E-state index in [-0.39, 0.29) is 0 Å². The van der Waals surface area contributed by atoms with E-state index < -0.39 is 0 Å². The van der Waals surface area contributed by atoms with Crippen molar-refractivity contribution in [1.82, 2.24) is 9.88 Å². The molecule has 3 nitrogen and oxygen atoms in total. The number of likely N-dealkylation sites (tertiary alicyclic amines) is 1. The minimum absolute atomic E-state index is 0.762. The number of piperidine rings is 1. The van der Waals surface area contributed by atoms with E-state index in [2.05, 4.69) is 46.5 Å². The molecule has 1 fully saturated rings. The van der Waals surface area contributed by atoms with E-state index in [4.69, 9.17) is 4.74 Å². The Labute approximate surface area is 155 Å². The third kappa shape index (κ3) is 4.99. The van der Waals surface area contributed by atoms with E-state index in [0.717, 1.165) is 18.3 Å². The molecule has 1 saturated heterocycles. The average Bonchev–Trinajstić information content (AvgIpc) is 2.68. The van der Waals surface area contributed by atoms with E-state index in [0.29, 0.717) is 0 Å². The molecule has 0 saturated carbocycles. The Balaban J connectivity index is 1.47. The molecule has 2 aromatic rings. The number of aryl methyl sites for hydroxylation is 1. The van der Waals surface area contributed by atoms with Gasteiger partial charge in [-0.2, -0.15) is 0 Å². The van der Waals surface area contributed by atoms with Crippen LogP contribution in [-0.2, 0) is 13.0 Å². The number of benzene rings is 1. The first-order valence-electron chi connectivity index (χ1n) is 9.12. The Morgan fingerprint density at radius 2 is 1.88 bits per heavy atom. The lowest BCUT2D eigenvalue weighted by Crippen LogP contribution is -2.33. The number of ether oxygens (including phenoxy) is 1. The van der Waals surface area contributed by atoms with Crippen LogP contribution in [0.1, 0.15) is 30.4 Å². The van der Waals surface area contributed by atoms with Gasteiger partial charge in [-0.05, 0) is 68.6 Å². The minimum atomic E-state index is 0.762. The van der Waals surface area contributed by atoms with Crippen LogP contribution in [0.15, 0.2) is 47.5 Å². The lowest BCUT2D eigenvalue weighted by atomic mass is 9.90. The molecule has 0 N–H and O–H groups in total.